The Kier molecular flexibility index (Phi) is 5.11. The Morgan fingerprint density at radius 2 is 1.88 bits per heavy atom. The predicted octanol–water partition coefficient (Wildman–Crippen LogP) is 5.47. The fraction of sp³-hybridized carbons (Fsp3) is 0.423. The van der Waals surface area contributed by atoms with Crippen molar-refractivity contribution >= 4 is 23.2 Å². The van der Waals surface area contributed by atoms with Gasteiger partial charge < -0.3 is 9.64 Å². The van der Waals surface area contributed by atoms with Crippen LogP contribution in [0.15, 0.2) is 40.8 Å². The highest BCUT2D eigenvalue weighted by molar-refractivity contribution is 6.03. The topological polar surface area (TPSA) is 50.6 Å². The minimum absolute atomic E-state index is 0.0342. The molecule has 1 aromatic carbocycles. The van der Waals surface area contributed by atoms with Crippen LogP contribution < -0.4 is 9.64 Å². The molecule has 32 heavy (non-hydrogen) atoms. The van der Waals surface area contributed by atoms with E-state index in [4.69, 9.17) is 9.73 Å². The van der Waals surface area contributed by atoms with E-state index in [1.54, 1.807) is 18.5 Å². The van der Waals surface area contributed by atoms with Gasteiger partial charge in [0.1, 0.15) is 12.1 Å². The van der Waals surface area contributed by atoms with Crippen molar-refractivity contribution in [2.45, 2.75) is 46.5 Å². The molecule has 166 valence electrons. The lowest BCUT2D eigenvalue weighted by molar-refractivity contribution is 0.351. The molecule has 3 aliphatic rings. The summed E-state index contributed by atoms with van der Waals surface area (Å²) in [7, 11) is 1.49. The molecule has 6 heteroatoms. The average molecular weight is 433 g/mol. The summed E-state index contributed by atoms with van der Waals surface area (Å²) in [6.45, 7) is 8.39. The van der Waals surface area contributed by atoms with Gasteiger partial charge in [-0.15, -0.1) is 0 Å². The van der Waals surface area contributed by atoms with E-state index in [1.165, 1.54) is 24.0 Å². The van der Waals surface area contributed by atoms with Crippen LogP contribution in [0.5, 0.6) is 5.75 Å². The van der Waals surface area contributed by atoms with E-state index < -0.39 is 0 Å². The van der Waals surface area contributed by atoms with Crippen molar-refractivity contribution in [3.63, 3.8) is 0 Å². The molecule has 0 spiro atoms. The molecule has 1 aliphatic carbocycles. The quantitative estimate of drug-likeness (QED) is 0.643. The van der Waals surface area contributed by atoms with Crippen LogP contribution in [0, 0.1) is 11.2 Å². The zero-order valence-electron chi connectivity index (χ0n) is 19.2. The summed E-state index contributed by atoms with van der Waals surface area (Å²) in [5.41, 5.74) is 7.90. The Hall–Kier alpha value is -3.02. The maximum Gasteiger partial charge on any atom is 0.165 e. The summed E-state index contributed by atoms with van der Waals surface area (Å²) in [5.74, 6) is 0.998. The molecule has 2 aliphatic heterocycles. The van der Waals surface area contributed by atoms with Gasteiger partial charge in [0, 0.05) is 48.3 Å². The van der Waals surface area contributed by atoms with E-state index in [-0.39, 0.29) is 17.0 Å². The summed E-state index contributed by atoms with van der Waals surface area (Å²) in [5, 5.41) is 0. The van der Waals surface area contributed by atoms with Crippen LogP contribution in [-0.4, -0.2) is 35.9 Å². The van der Waals surface area contributed by atoms with Crippen LogP contribution in [-0.2, 0) is 6.42 Å². The van der Waals surface area contributed by atoms with Crippen molar-refractivity contribution in [1.29, 1.82) is 0 Å². The van der Waals surface area contributed by atoms with Gasteiger partial charge in [0.05, 0.1) is 12.8 Å². The highest BCUT2D eigenvalue weighted by atomic mass is 19.1. The Bertz CT molecular complexity index is 1170. The fourth-order valence-electron chi connectivity index (χ4n) is 5.14. The van der Waals surface area contributed by atoms with Crippen molar-refractivity contribution in [3.8, 4) is 5.75 Å². The summed E-state index contributed by atoms with van der Waals surface area (Å²) in [6, 6.07) is 5.18. The lowest BCUT2D eigenvalue weighted by Gasteiger charge is -2.40. The SMILES string of the molecule is COc1ccc(C2=C(C)N=C(C3(C)CCN(c4ncnc5c4C=C(C)C5)CC3)C2)cc1F. The molecule has 1 fully saturated rings. The number of methoxy groups -OCH3 is 1. The van der Waals surface area contributed by atoms with Crippen LogP contribution in [0.2, 0.25) is 0 Å². The molecule has 3 heterocycles. The van der Waals surface area contributed by atoms with E-state index in [2.05, 4.69) is 34.8 Å². The number of ether oxygens (including phenoxy) is 1. The Morgan fingerprint density at radius 3 is 2.59 bits per heavy atom. The molecule has 0 radical (unpaired) electrons. The van der Waals surface area contributed by atoms with Crippen molar-refractivity contribution in [3.05, 3.63) is 58.4 Å². The first-order chi connectivity index (χ1) is 15.4. The monoisotopic (exact) mass is 432 g/mol. The molecule has 0 N–H and O–H groups in total. The van der Waals surface area contributed by atoms with Gasteiger partial charge in [-0.2, -0.15) is 0 Å². The minimum atomic E-state index is -0.333. The first-order valence-corrected chi connectivity index (χ1v) is 11.3. The molecule has 0 amide bonds. The Balaban J connectivity index is 1.30. The highest BCUT2D eigenvalue weighted by Gasteiger charge is 2.38. The van der Waals surface area contributed by atoms with Gasteiger partial charge in [0.2, 0.25) is 0 Å². The first-order valence-electron chi connectivity index (χ1n) is 11.3. The molecular formula is C26H29FN4O. The number of fused-ring (bicyclic) bond motifs is 1. The van der Waals surface area contributed by atoms with Crippen molar-refractivity contribution in [1.82, 2.24) is 9.97 Å². The van der Waals surface area contributed by atoms with E-state index in [0.29, 0.717) is 0 Å². The third-order valence-electron chi connectivity index (χ3n) is 7.23. The lowest BCUT2D eigenvalue weighted by atomic mass is 9.74. The van der Waals surface area contributed by atoms with E-state index in [1.807, 2.05) is 13.0 Å². The number of hydrogen-bond acceptors (Lipinski definition) is 5. The Labute approximate surface area is 188 Å². The number of anilines is 1. The number of rotatable bonds is 4. The third-order valence-corrected chi connectivity index (χ3v) is 7.23. The van der Waals surface area contributed by atoms with Crippen LogP contribution >= 0.6 is 0 Å². The summed E-state index contributed by atoms with van der Waals surface area (Å²) < 4.78 is 19.3. The minimum Gasteiger partial charge on any atom is -0.494 e. The van der Waals surface area contributed by atoms with Gasteiger partial charge in [-0.25, -0.2) is 14.4 Å². The number of piperidine rings is 1. The second-order valence-corrected chi connectivity index (χ2v) is 9.42. The summed E-state index contributed by atoms with van der Waals surface area (Å²) in [6.07, 6.45) is 7.66. The smallest absolute Gasteiger partial charge is 0.165 e. The van der Waals surface area contributed by atoms with Gasteiger partial charge in [0.15, 0.2) is 11.6 Å². The first kappa shape index (κ1) is 20.9. The molecule has 5 nitrogen and oxygen atoms in total. The van der Waals surface area contributed by atoms with E-state index >= 15 is 0 Å². The second kappa shape index (κ2) is 7.84. The molecule has 0 saturated carbocycles. The number of halogens is 1. The van der Waals surface area contributed by atoms with Gasteiger partial charge in [-0.05, 0) is 50.0 Å². The van der Waals surface area contributed by atoms with Gasteiger partial charge >= 0.3 is 0 Å². The number of nitrogens with zero attached hydrogens (tertiary/aromatic N) is 4. The number of aromatic nitrogens is 2. The Morgan fingerprint density at radius 1 is 1.09 bits per heavy atom. The van der Waals surface area contributed by atoms with E-state index in [9.17, 15) is 4.39 Å². The molecular weight excluding hydrogens is 403 g/mol. The molecule has 0 bridgehead atoms. The van der Waals surface area contributed by atoms with Gasteiger partial charge in [-0.3, -0.25) is 4.99 Å². The normalized spacial score (nSPS) is 19.7. The second-order valence-electron chi connectivity index (χ2n) is 9.42. The van der Waals surface area contributed by atoms with Crippen LogP contribution in [0.1, 0.15) is 56.9 Å². The standard InChI is InChI=1S/C26H29FN4O/c1-16-11-20-22(12-16)28-15-29-25(20)31-9-7-26(3,8-10-31)24-14-19(17(2)30-24)18-5-6-23(32-4)21(27)13-18/h5-6,11,13,15H,7-10,12,14H2,1-4H3. The van der Waals surface area contributed by atoms with Gasteiger partial charge in [-0.1, -0.05) is 24.6 Å². The van der Waals surface area contributed by atoms with E-state index in [0.717, 1.165) is 67.1 Å². The van der Waals surface area contributed by atoms with Crippen LogP contribution in [0.25, 0.3) is 11.6 Å². The molecule has 2 aromatic rings. The largest absolute Gasteiger partial charge is 0.494 e. The zero-order valence-corrected chi connectivity index (χ0v) is 19.2. The molecule has 1 aromatic heterocycles. The maximum absolute atomic E-state index is 14.3. The van der Waals surface area contributed by atoms with Crippen molar-refractivity contribution < 1.29 is 9.13 Å². The van der Waals surface area contributed by atoms with Gasteiger partial charge in [0.25, 0.3) is 0 Å². The lowest BCUT2D eigenvalue weighted by Crippen LogP contribution is -2.43. The highest BCUT2D eigenvalue weighted by Crippen LogP contribution is 2.42. The van der Waals surface area contributed by atoms with Crippen LogP contribution in [0.3, 0.4) is 0 Å². The zero-order chi connectivity index (χ0) is 22.5. The summed E-state index contributed by atoms with van der Waals surface area (Å²) in [4.78, 5) is 16.5. The summed E-state index contributed by atoms with van der Waals surface area (Å²) >= 11 is 0. The third kappa shape index (κ3) is 3.51. The molecule has 1 saturated heterocycles. The fourth-order valence-corrected chi connectivity index (χ4v) is 5.14. The molecule has 0 unspecified atom stereocenters. The number of benzene rings is 1. The number of aliphatic imine (C=N–C) groups is 1. The molecule has 5 rings (SSSR count). The van der Waals surface area contributed by atoms with Crippen LogP contribution in [0.4, 0.5) is 10.2 Å². The number of allylic oxidation sites excluding steroid dienone is 3. The average Bonchev–Trinajstić information content (AvgIpc) is 3.36. The molecule has 0 atom stereocenters. The maximum atomic E-state index is 14.3. The van der Waals surface area contributed by atoms with Crippen molar-refractivity contribution in [2.75, 3.05) is 25.1 Å². The number of hydrogen-bond donors (Lipinski definition) is 0. The van der Waals surface area contributed by atoms with Crippen molar-refractivity contribution in [2.24, 2.45) is 10.4 Å². The predicted molar refractivity (Wildman–Crippen MR) is 127 cm³/mol.